The smallest absolute Gasteiger partial charge is 0.145 e. The van der Waals surface area contributed by atoms with Crippen LogP contribution in [0.15, 0.2) is 134 Å². The largest absolute Gasteiger partial charge is 0.294 e. The molecule has 8 aromatic rings. The van der Waals surface area contributed by atoms with E-state index in [0.717, 1.165) is 11.3 Å². The molecule has 0 amide bonds. The molecule has 9 rings (SSSR count). The molecule has 0 unspecified atom stereocenters. The minimum atomic E-state index is 0.986. The van der Waals surface area contributed by atoms with Crippen molar-refractivity contribution in [2.45, 2.75) is 0 Å². The molecule has 1 aliphatic rings. The van der Waals surface area contributed by atoms with Gasteiger partial charge >= 0.3 is 0 Å². The highest BCUT2D eigenvalue weighted by molar-refractivity contribution is 6.21. The van der Waals surface area contributed by atoms with Gasteiger partial charge in [0.2, 0.25) is 0 Å². The van der Waals surface area contributed by atoms with Gasteiger partial charge in [-0.25, -0.2) is 4.98 Å². The Morgan fingerprint density at radius 3 is 2.00 bits per heavy atom. The molecule has 180 valence electrons. The van der Waals surface area contributed by atoms with Crippen molar-refractivity contribution < 1.29 is 0 Å². The Bertz CT molecular complexity index is 2240. The van der Waals surface area contributed by atoms with Crippen LogP contribution in [0.4, 0.5) is 0 Å². The lowest BCUT2D eigenvalue weighted by molar-refractivity contribution is 1.14. The van der Waals surface area contributed by atoms with Gasteiger partial charge in [0.15, 0.2) is 0 Å². The Kier molecular flexibility index (Phi) is 4.08. The second kappa shape index (κ2) is 7.66. The van der Waals surface area contributed by atoms with E-state index in [1.54, 1.807) is 0 Å². The molecule has 0 saturated carbocycles. The van der Waals surface area contributed by atoms with Gasteiger partial charge < -0.3 is 0 Å². The zero-order chi connectivity index (χ0) is 25.5. The summed E-state index contributed by atoms with van der Waals surface area (Å²) >= 11 is 0. The maximum atomic E-state index is 4.83. The SMILES string of the molecule is c1ccc2c(c1)-c1cccc3c(-c4ccc(-n5c6ccc7ccccc7c6c6cccnc65)cc4)ccc-2c13. The first-order valence-corrected chi connectivity index (χ1v) is 13.4. The number of hydrogen-bond acceptors (Lipinski definition) is 1. The standard InChI is InChI=1S/C37H22N2/c1-2-8-27-23(7-1)16-21-34-36(27)33-13-6-22-38-37(33)39(34)25-17-14-24(15-18-25)26-19-20-32-29-10-4-3-9-28(29)31-12-5-11-30(26)35(31)32/h1-22H. The average molecular weight is 495 g/mol. The third kappa shape index (κ3) is 2.78. The van der Waals surface area contributed by atoms with Gasteiger partial charge in [0, 0.05) is 22.7 Å². The number of rotatable bonds is 2. The van der Waals surface area contributed by atoms with Crippen LogP contribution in [0.2, 0.25) is 0 Å². The van der Waals surface area contributed by atoms with Crippen LogP contribution in [0, 0.1) is 0 Å². The lowest BCUT2D eigenvalue weighted by atomic mass is 9.94. The van der Waals surface area contributed by atoms with E-state index in [0.29, 0.717) is 0 Å². The molecular formula is C37H22N2. The van der Waals surface area contributed by atoms with Crippen LogP contribution >= 0.6 is 0 Å². The molecule has 6 aromatic carbocycles. The lowest BCUT2D eigenvalue weighted by Crippen LogP contribution is -1.95. The summed E-state index contributed by atoms with van der Waals surface area (Å²) < 4.78 is 2.30. The first kappa shape index (κ1) is 20.8. The number of pyridine rings is 1. The molecule has 2 heteroatoms. The van der Waals surface area contributed by atoms with Crippen LogP contribution in [-0.2, 0) is 0 Å². The van der Waals surface area contributed by atoms with Gasteiger partial charge in [-0.1, -0.05) is 97.1 Å². The molecule has 2 aromatic heterocycles. The summed E-state index contributed by atoms with van der Waals surface area (Å²) in [6.45, 7) is 0. The molecule has 0 radical (unpaired) electrons. The molecule has 0 saturated heterocycles. The summed E-state index contributed by atoms with van der Waals surface area (Å²) in [7, 11) is 0. The number of hydrogen-bond donors (Lipinski definition) is 0. The van der Waals surface area contributed by atoms with Crippen LogP contribution in [0.25, 0.3) is 82.5 Å². The Hall–Kier alpha value is -5.21. The van der Waals surface area contributed by atoms with Crippen molar-refractivity contribution in [3.8, 4) is 39.1 Å². The molecule has 0 aliphatic heterocycles. The Labute approximate surface area is 225 Å². The van der Waals surface area contributed by atoms with E-state index >= 15 is 0 Å². The van der Waals surface area contributed by atoms with E-state index in [1.807, 2.05) is 12.3 Å². The van der Waals surface area contributed by atoms with Gasteiger partial charge in [0.25, 0.3) is 0 Å². The van der Waals surface area contributed by atoms with Gasteiger partial charge in [-0.15, -0.1) is 0 Å². The van der Waals surface area contributed by atoms with E-state index in [1.165, 1.54) is 71.2 Å². The van der Waals surface area contributed by atoms with Crippen LogP contribution in [0.3, 0.4) is 0 Å². The summed E-state index contributed by atoms with van der Waals surface area (Å²) in [4.78, 5) is 4.83. The second-order valence-electron chi connectivity index (χ2n) is 10.4. The lowest BCUT2D eigenvalue weighted by Gasteiger charge is -2.12. The van der Waals surface area contributed by atoms with Crippen LogP contribution in [-0.4, -0.2) is 9.55 Å². The summed E-state index contributed by atoms with van der Waals surface area (Å²) in [5.41, 5.74) is 11.1. The molecule has 2 heterocycles. The van der Waals surface area contributed by atoms with Crippen molar-refractivity contribution in [3.63, 3.8) is 0 Å². The van der Waals surface area contributed by atoms with Crippen molar-refractivity contribution >= 4 is 43.5 Å². The number of nitrogens with zero attached hydrogens (tertiary/aromatic N) is 2. The van der Waals surface area contributed by atoms with Gasteiger partial charge in [0.1, 0.15) is 5.65 Å². The fraction of sp³-hybridized carbons (Fsp3) is 0. The molecule has 0 N–H and O–H groups in total. The first-order chi connectivity index (χ1) is 19.4. The highest BCUT2D eigenvalue weighted by Gasteiger charge is 2.22. The van der Waals surface area contributed by atoms with E-state index in [9.17, 15) is 0 Å². The summed E-state index contributed by atoms with van der Waals surface area (Å²) in [6.07, 6.45) is 1.89. The maximum absolute atomic E-state index is 4.83. The molecular weight excluding hydrogens is 472 g/mol. The van der Waals surface area contributed by atoms with Gasteiger partial charge in [-0.3, -0.25) is 4.57 Å². The number of benzene rings is 6. The summed E-state index contributed by atoms with van der Waals surface area (Å²) in [5.74, 6) is 0. The predicted octanol–water partition coefficient (Wildman–Crippen LogP) is 9.80. The highest BCUT2D eigenvalue weighted by atomic mass is 15.0. The Morgan fingerprint density at radius 2 is 1.13 bits per heavy atom. The van der Waals surface area contributed by atoms with Gasteiger partial charge in [0.05, 0.1) is 5.52 Å². The fourth-order valence-corrected chi connectivity index (χ4v) is 6.73. The van der Waals surface area contributed by atoms with E-state index in [2.05, 4.69) is 126 Å². The zero-order valence-corrected chi connectivity index (χ0v) is 21.1. The summed E-state index contributed by atoms with van der Waals surface area (Å²) in [6, 6.07) is 46.3. The van der Waals surface area contributed by atoms with Crippen molar-refractivity contribution in [2.24, 2.45) is 0 Å². The topological polar surface area (TPSA) is 17.8 Å². The van der Waals surface area contributed by atoms with Crippen molar-refractivity contribution in [3.05, 3.63) is 134 Å². The molecule has 0 fully saturated rings. The molecule has 0 bridgehead atoms. The first-order valence-electron chi connectivity index (χ1n) is 13.4. The van der Waals surface area contributed by atoms with Gasteiger partial charge in [-0.2, -0.15) is 0 Å². The predicted molar refractivity (Wildman–Crippen MR) is 163 cm³/mol. The Morgan fingerprint density at radius 1 is 0.436 bits per heavy atom. The van der Waals surface area contributed by atoms with Crippen LogP contribution in [0.1, 0.15) is 0 Å². The normalized spacial score (nSPS) is 12.1. The van der Waals surface area contributed by atoms with Gasteiger partial charge in [-0.05, 0) is 85.3 Å². The zero-order valence-electron chi connectivity index (χ0n) is 21.1. The Balaban J connectivity index is 1.24. The minimum absolute atomic E-state index is 0.986. The molecule has 39 heavy (non-hydrogen) atoms. The second-order valence-corrected chi connectivity index (χ2v) is 10.4. The number of aromatic nitrogens is 2. The van der Waals surface area contributed by atoms with Crippen molar-refractivity contribution in [2.75, 3.05) is 0 Å². The van der Waals surface area contributed by atoms with E-state index in [-0.39, 0.29) is 0 Å². The average Bonchev–Trinajstić information content (AvgIpc) is 3.52. The third-order valence-corrected chi connectivity index (χ3v) is 8.40. The summed E-state index contributed by atoms with van der Waals surface area (Å²) in [5, 5.41) is 7.61. The third-order valence-electron chi connectivity index (χ3n) is 8.40. The molecule has 1 aliphatic carbocycles. The maximum Gasteiger partial charge on any atom is 0.145 e. The minimum Gasteiger partial charge on any atom is -0.294 e. The molecule has 0 atom stereocenters. The van der Waals surface area contributed by atoms with E-state index in [4.69, 9.17) is 4.98 Å². The van der Waals surface area contributed by atoms with Crippen LogP contribution in [0.5, 0.6) is 0 Å². The van der Waals surface area contributed by atoms with Crippen LogP contribution < -0.4 is 0 Å². The molecule has 0 spiro atoms. The van der Waals surface area contributed by atoms with Crippen molar-refractivity contribution in [1.82, 2.24) is 9.55 Å². The highest BCUT2D eigenvalue weighted by Crippen LogP contribution is 2.49. The monoisotopic (exact) mass is 494 g/mol. The van der Waals surface area contributed by atoms with Crippen molar-refractivity contribution in [1.29, 1.82) is 0 Å². The quantitative estimate of drug-likeness (QED) is 0.234. The molecule has 2 nitrogen and oxygen atoms in total. The number of fused-ring (bicyclic) bond motifs is 8. The van der Waals surface area contributed by atoms with E-state index < -0.39 is 0 Å². The fourth-order valence-electron chi connectivity index (χ4n) is 6.73.